The van der Waals surface area contributed by atoms with Gasteiger partial charge in [0.25, 0.3) is 0 Å². The zero-order chi connectivity index (χ0) is 10.4. The highest BCUT2D eigenvalue weighted by molar-refractivity contribution is 5.17. The van der Waals surface area contributed by atoms with E-state index < -0.39 is 0 Å². The van der Waals surface area contributed by atoms with E-state index in [9.17, 15) is 5.11 Å². The molecule has 0 fully saturated rings. The average Bonchev–Trinajstić information content (AvgIpc) is 2.20. The first kappa shape index (κ1) is 11.1. The third-order valence-electron chi connectivity index (χ3n) is 2.26. The lowest BCUT2D eigenvalue weighted by Gasteiger charge is -2.09. The summed E-state index contributed by atoms with van der Waals surface area (Å²) in [5, 5.41) is 12.5. The molecule has 1 atom stereocenters. The van der Waals surface area contributed by atoms with E-state index in [-0.39, 0.29) is 6.10 Å². The fourth-order valence-electron chi connectivity index (χ4n) is 1.20. The van der Waals surface area contributed by atoms with Crippen LogP contribution in [0.5, 0.6) is 0 Å². The Balaban J connectivity index is 2.35. The highest BCUT2D eigenvalue weighted by Crippen LogP contribution is 2.02. The minimum absolute atomic E-state index is 0.251. The molecule has 78 valence electrons. The summed E-state index contributed by atoms with van der Waals surface area (Å²) in [6, 6.07) is 3.97. The van der Waals surface area contributed by atoms with Crippen molar-refractivity contribution in [3.63, 3.8) is 0 Å². The molecule has 14 heavy (non-hydrogen) atoms. The molecule has 0 saturated carbocycles. The number of aryl methyl sites for hydroxylation is 1. The number of nitrogens with zero attached hydrogens (tertiary/aromatic N) is 1. The van der Waals surface area contributed by atoms with Crippen LogP contribution in [0.4, 0.5) is 0 Å². The Hall–Kier alpha value is -0.930. The summed E-state index contributed by atoms with van der Waals surface area (Å²) in [4.78, 5) is 4.26. The topological polar surface area (TPSA) is 45.1 Å². The zero-order valence-electron chi connectivity index (χ0n) is 8.83. The molecule has 3 heteroatoms. The van der Waals surface area contributed by atoms with Crippen LogP contribution < -0.4 is 5.32 Å². The second-order valence-electron chi connectivity index (χ2n) is 3.46. The van der Waals surface area contributed by atoms with Gasteiger partial charge in [0, 0.05) is 19.3 Å². The third kappa shape index (κ3) is 3.44. The van der Waals surface area contributed by atoms with Crippen LogP contribution in [0.1, 0.15) is 24.6 Å². The lowest BCUT2D eigenvalue weighted by molar-refractivity contribution is 0.167. The quantitative estimate of drug-likeness (QED) is 0.741. The Bertz CT molecular complexity index is 276. The van der Waals surface area contributed by atoms with E-state index in [2.05, 4.69) is 10.3 Å². The van der Waals surface area contributed by atoms with Gasteiger partial charge in [0.05, 0.1) is 11.8 Å². The van der Waals surface area contributed by atoms with E-state index in [4.69, 9.17) is 0 Å². The van der Waals surface area contributed by atoms with E-state index in [1.165, 1.54) is 5.56 Å². The van der Waals surface area contributed by atoms with Crippen LogP contribution in [0.2, 0.25) is 0 Å². The van der Waals surface area contributed by atoms with Crippen LogP contribution in [0, 0.1) is 6.92 Å². The molecule has 1 aromatic rings. The standard InChI is InChI=1S/C11H18N2O/c1-3-10(14)7-12-8-11-9(2)5-4-6-13-11/h4-6,10,12,14H,3,7-8H2,1-2H3. The lowest BCUT2D eigenvalue weighted by atomic mass is 10.2. The van der Waals surface area contributed by atoms with Crippen LogP contribution in [0.15, 0.2) is 18.3 Å². The Kier molecular flexibility index (Phi) is 4.56. The third-order valence-corrected chi connectivity index (χ3v) is 2.26. The molecule has 1 heterocycles. The first-order valence-corrected chi connectivity index (χ1v) is 5.03. The summed E-state index contributed by atoms with van der Waals surface area (Å²) in [5.74, 6) is 0. The number of pyridine rings is 1. The molecule has 3 nitrogen and oxygen atoms in total. The molecule has 0 aromatic carbocycles. The van der Waals surface area contributed by atoms with E-state index in [0.717, 1.165) is 18.7 Å². The summed E-state index contributed by atoms with van der Waals surface area (Å²) in [5.41, 5.74) is 2.24. The number of hydrogen-bond acceptors (Lipinski definition) is 3. The summed E-state index contributed by atoms with van der Waals surface area (Å²) in [7, 11) is 0. The zero-order valence-corrected chi connectivity index (χ0v) is 8.83. The van der Waals surface area contributed by atoms with E-state index in [1.807, 2.05) is 26.0 Å². The molecule has 2 N–H and O–H groups in total. The number of rotatable bonds is 5. The largest absolute Gasteiger partial charge is 0.392 e. The first-order valence-electron chi connectivity index (χ1n) is 5.03. The maximum absolute atomic E-state index is 9.32. The molecule has 1 aromatic heterocycles. The van der Waals surface area contributed by atoms with Gasteiger partial charge >= 0.3 is 0 Å². The molecule has 0 amide bonds. The highest BCUT2D eigenvalue weighted by atomic mass is 16.3. The second kappa shape index (κ2) is 5.73. The summed E-state index contributed by atoms with van der Waals surface area (Å²) in [6.07, 6.45) is 2.33. The van der Waals surface area contributed by atoms with Gasteiger partial charge in [-0.3, -0.25) is 4.98 Å². The van der Waals surface area contributed by atoms with Crippen molar-refractivity contribution in [2.45, 2.75) is 32.9 Å². The maximum Gasteiger partial charge on any atom is 0.0662 e. The molecule has 0 aliphatic carbocycles. The van der Waals surface area contributed by atoms with E-state index in [1.54, 1.807) is 6.20 Å². The summed E-state index contributed by atoms with van der Waals surface area (Å²) >= 11 is 0. The monoisotopic (exact) mass is 194 g/mol. The molecule has 0 spiro atoms. The molecular formula is C11H18N2O. The fraction of sp³-hybridized carbons (Fsp3) is 0.545. The van der Waals surface area contributed by atoms with Crippen molar-refractivity contribution in [2.75, 3.05) is 6.54 Å². The highest BCUT2D eigenvalue weighted by Gasteiger charge is 2.01. The van der Waals surface area contributed by atoms with Crippen molar-refractivity contribution in [3.8, 4) is 0 Å². The van der Waals surface area contributed by atoms with E-state index >= 15 is 0 Å². The minimum atomic E-state index is -0.251. The smallest absolute Gasteiger partial charge is 0.0662 e. The van der Waals surface area contributed by atoms with Gasteiger partial charge < -0.3 is 10.4 Å². The normalized spacial score (nSPS) is 12.8. The first-order chi connectivity index (χ1) is 6.74. The minimum Gasteiger partial charge on any atom is -0.392 e. The lowest BCUT2D eigenvalue weighted by Crippen LogP contribution is -2.26. The van der Waals surface area contributed by atoms with Crippen LogP contribution in [-0.2, 0) is 6.54 Å². The fourth-order valence-corrected chi connectivity index (χ4v) is 1.20. The predicted molar refractivity (Wildman–Crippen MR) is 57.0 cm³/mol. The molecule has 0 bridgehead atoms. The van der Waals surface area contributed by atoms with Gasteiger partial charge in [0.2, 0.25) is 0 Å². The Labute approximate surface area is 85.2 Å². The van der Waals surface area contributed by atoms with Crippen molar-refractivity contribution >= 4 is 0 Å². The van der Waals surface area contributed by atoms with Gasteiger partial charge in [-0.25, -0.2) is 0 Å². The number of aliphatic hydroxyl groups excluding tert-OH is 1. The molecular weight excluding hydrogens is 176 g/mol. The van der Waals surface area contributed by atoms with Crippen molar-refractivity contribution in [2.24, 2.45) is 0 Å². The molecule has 0 radical (unpaired) electrons. The number of nitrogens with one attached hydrogen (secondary N) is 1. The van der Waals surface area contributed by atoms with Crippen molar-refractivity contribution < 1.29 is 5.11 Å². The van der Waals surface area contributed by atoms with Crippen LogP contribution in [0.25, 0.3) is 0 Å². The van der Waals surface area contributed by atoms with Crippen LogP contribution >= 0.6 is 0 Å². The summed E-state index contributed by atoms with van der Waals surface area (Å²) in [6.45, 7) is 5.37. The van der Waals surface area contributed by atoms with Crippen molar-refractivity contribution in [1.29, 1.82) is 0 Å². The molecule has 1 unspecified atom stereocenters. The van der Waals surface area contributed by atoms with E-state index in [0.29, 0.717) is 6.54 Å². The van der Waals surface area contributed by atoms with Gasteiger partial charge in [-0.15, -0.1) is 0 Å². The molecule has 0 aliphatic rings. The average molecular weight is 194 g/mol. The van der Waals surface area contributed by atoms with Gasteiger partial charge in [-0.05, 0) is 25.0 Å². The molecule has 1 rings (SSSR count). The maximum atomic E-state index is 9.32. The van der Waals surface area contributed by atoms with Crippen LogP contribution in [0.3, 0.4) is 0 Å². The van der Waals surface area contributed by atoms with Gasteiger partial charge in [-0.2, -0.15) is 0 Å². The van der Waals surface area contributed by atoms with Gasteiger partial charge in [-0.1, -0.05) is 13.0 Å². The van der Waals surface area contributed by atoms with Gasteiger partial charge in [0.15, 0.2) is 0 Å². The number of aromatic nitrogens is 1. The predicted octanol–water partition coefficient (Wildman–Crippen LogP) is 1.25. The SMILES string of the molecule is CCC(O)CNCc1ncccc1C. The Morgan fingerprint density at radius 3 is 3.00 bits per heavy atom. The number of aliphatic hydroxyl groups is 1. The summed E-state index contributed by atoms with van der Waals surface area (Å²) < 4.78 is 0. The Morgan fingerprint density at radius 2 is 2.36 bits per heavy atom. The second-order valence-corrected chi connectivity index (χ2v) is 3.46. The number of hydrogen-bond donors (Lipinski definition) is 2. The molecule has 0 saturated heterocycles. The van der Waals surface area contributed by atoms with Crippen molar-refractivity contribution in [1.82, 2.24) is 10.3 Å². The van der Waals surface area contributed by atoms with Crippen molar-refractivity contribution in [3.05, 3.63) is 29.6 Å². The van der Waals surface area contributed by atoms with Gasteiger partial charge in [0.1, 0.15) is 0 Å². The Morgan fingerprint density at radius 1 is 1.57 bits per heavy atom. The van der Waals surface area contributed by atoms with Crippen LogP contribution in [-0.4, -0.2) is 22.7 Å². The molecule has 0 aliphatic heterocycles.